The molecule has 0 bridgehead atoms. The summed E-state index contributed by atoms with van der Waals surface area (Å²) in [5.74, 6) is 1.40. The fraction of sp³-hybridized carbons (Fsp3) is 0.350. The molecule has 0 spiro atoms. The summed E-state index contributed by atoms with van der Waals surface area (Å²) in [4.78, 5) is 14.3. The van der Waals surface area contributed by atoms with Gasteiger partial charge in [0.25, 0.3) is 0 Å². The number of methoxy groups -OCH3 is 1. The van der Waals surface area contributed by atoms with Crippen LogP contribution in [0.3, 0.4) is 0 Å². The second kappa shape index (κ2) is 8.03. The van der Waals surface area contributed by atoms with E-state index in [9.17, 15) is 4.79 Å². The molecule has 0 unspecified atom stereocenters. The summed E-state index contributed by atoms with van der Waals surface area (Å²) in [5.41, 5.74) is 2.79. The van der Waals surface area contributed by atoms with E-state index < -0.39 is 0 Å². The molecule has 132 valence electrons. The smallest absolute Gasteiger partial charge is 0.338 e. The van der Waals surface area contributed by atoms with Crippen molar-refractivity contribution in [2.45, 2.75) is 20.0 Å². The molecule has 3 rings (SSSR count). The Morgan fingerprint density at radius 1 is 1.20 bits per heavy atom. The monoisotopic (exact) mass is 341 g/mol. The van der Waals surface area contributed by atoms with E-state index in [1.54, 1.807) is 20.1 Å². The lowest BCUT2D eigenvalue weighted by Crippen LogP contribution is -2.25. The molecular formula is C20H23NO4. The number of hydrogen-bond donors (Lipinski definition) is 0. The summed E-state index contributed by atoms with van der Waals surface area (Å²) < 4.78 is 16.1. The van der Waals surface area contributed by atoms with Gasteiger partial charge in [-0.1, -0.05) is 12.1 Å². The van der Waals surface area contributed by atoms with Crippen molar-refractivity contribution in [1.29, 1.82) is 0 Å². The van der Waals surface area contributed by atoms with Crippen LogP contribution >= 0.6 is 0 Å². The van der Waals surface area contributed by atoms with Crippen molar-refractivity contribution < 1.29 is 19.0 Å². The number of ether oxygens (including phenoxy) is 3. The molecule has 0 saturated carbocycles. The Morgan fingerprint density at radius 3 is 2.72 bits per heavy atom. The molecule has 2 aromatic carbocycles. The predicted molar refractivity (Wildman–Crippen MR) is 95.0 cm³/mol. The average molecular weight is 341 g/mol. The van der Waals surface area contributed by atoms with Crippen molar-refractivity contribution in [3.05, 3.63) is 59.2 Å². The van der Waals surface area contributed by atoms with Gasteiger partial charge in [-0.2, -0.15) is 0 Å². The molecule has 1 heterocycles. The number of rotatable bonds is 5. The van der Waals surface area contributed by atoms with Gasteiger partial charge in [0, 0.05) is 25.2 Å². The fourth-order valence-electron chi connectivity index (χ4n) is 2.91. The Balaban J connectivity index is 1.74. The van der Waals surface area contributed by atoms with E-state index in [1.807, 2.05) is 24.3 Å². The highest BCUT2D eigenvalue weighted by Crippen LogP contribution is 2.26. The van der Waals surface area contributed by atoms with Crippen molar-refractivity contribution in [3.63, 3.8) is 0 Å². The molecule has 0 aliphatic carbocycles. The molecule has 0 atom stereocenters. The first-order valence-electron chi connectivity index (χ1n) is 8.47. The van der Waals surface area contributed by atoms with Crippen molar-refractivity contribution >= 4 is 5.97 Å². The molecule has 5 nitrogen and oxygen atoms in total. The van der Waals surface area contributed by atoms with E-state index in [0.717, 1.165) is 36.7 Å². The Bertz CT molecular complexity index is 727. The summed E-state index contributed by atoms with van der Waals surface area (Å²) in [6, 6.07) is 13.6. The van der Waals surface area contributed by atoms with Gasteiger partial charge in [0.15, 0.2) is 0 Å². The van der Waals surface area contributed by atoms with Crippen LogP contribution in [0.1, 0.15) is 28.4 Å². The summed E-state index contributed by atoms with van der Waals surface area (Å²) >= 11 is 0. The van der Waals surface area contributed by atoms with Gasteiger partial charge in [-0.05, 0) is 42.8 Å². The second-order valence-corrected chi connectivity index (χ2v) is 5.95. The zero-order chi connectivity index (χ0) is 17.6. The van der Waals surface area contributed by atoms with Crippen LogP contribution in [0, 0.1) is 0 Å². The van der Waals surface area contributed by atoms with Gasteiger partial charge in [-0.15, -0.1) is 0 Å². The highest BCUT2D eigenvalue weighted by molar-refractivity contribution is 5.89. The first-order valence-corrected chi connectivity index (χ1v) is 8.47. The molecule has 25 heavy (non-hydrogen) atoms. The molecule has 0 aromatic heterocycles. The molecule has 0 radical (unpaired) electrons. The number of nitrogens with zero attached hydrogens (tertiary/aromatic N) is 1. The average Bonchev–Trinajstić information content (AvgIpc) is 2.83. The van der Waals surface area contributed by atoms with E-state index in [-0.39, 0.29) is 5.97 Å². The van der Waals surface area contributed by atoms with Gasteiger partial charge >= 0.3 is 5.97 Å². The third kappa shape index (κ3) is 4.31. The third-order valence-corrected chi connectivity index (χ3v) is 4.20. The topological polar surface area (TPSA) is 48.0 Å². The van der Waals surface area contributed by atoms with E-state index >= 15 is 0 Å². The summed E-state index contributed by atoms with van der Waals surface area (Å²) in [7, 11) is 1.67. The van der Waals surface area contributed by atoms with Gasteiger partial charge in [-0.25, -0.2) is 4.79 Å². The number of esters is 1. The van der Waals surface area contributed by atoms with Crippen LogP contribution in [0.25, 0.3) is 0 Å². The normalized spacial score (nSPS) is 14.2. The lowest BCUT2D eigenvalue weighted by Gasteiger charge is -2.19. The van der Waals surface area contributed by atoms with Gasteiger partial charge in [-0.3, -0.25) is 4.90 Å². The third-order valence-electron chi connectivity index (χ3n) is 4.20. The zero-order valence-corrected chi connectivity index (χ0v) is 14.7. The standard InChI is InChI=1S/C20H23NO4/c1-3-24-20(22)16-6-9-19-17(12-16)14-21(10-11-25-19)13-15-4-7-18(23-2)8-5-15/h4-9,12H,3,10-11,13-14H2,1-2H3. The van der Waals surface area contributed by atoms with E-state index in [1.165, 1.54) is 5.56 Å². The van der Waals surface area contributed by atoms with Crippen LogP contribution < -0.4 is 9.47 Å². The van der Waals surface area contributed by atoms with Gasteiger partial charge < -0.3 is 14.2 Å². The SMILES string of the molecule is CCOC(=O)c1ccc2c(c1)CN(Cc1ccc(OC)cc1)CCO2. The quantitative estimate of drug-likeness (QED) is 0.781. The van der Waals surface area contributed by atoms with Crippen LogP contribution in [0.15, 0.2) is 42.5 Å². The van der Waals surface area contributed by atoms with Crippen molar-refractivity contribution in [2.24, 2.45) is 0 Å². The van der Waals surface area contributed by atoms with Crippen molar-refractivity contribution in [3.8, 4) is 11.5 Å². The minimum absolute atomic E-state index is 0.295. The molecule has 1 aliphatic rings. The Kier molecular flexibility index (Phi) is 5.56. The maximum Gasteiger partial charge on any atom is 0.338 e. The molecule has 0 saturated heterocycles. The summed E-state index contributed by atoms with van der Waals surface area (Å²) in [5, 5.41) is 0. The lowest BCUT2D eigenvalue weighted by molar-refractivity contribution is 0.0526. The number of hydrogen-bond acceptors (Lipinski definition) is 5. The highest BCUT2D eigenvalue weighted by atomic mass is 16.5. The van der Waals surface area contributed by atoms with Gasteiger partial charge in [0.2, 0.25) is 0 Å². The van der Waals surface area contributed by atoms with E-state index in [4.69, 9.17) is 14.2 Å². The Morgan fingerprint density at radius 2 is 2.00 bits per heavy atom. The number of fused-ring (bicyclic) bond motifs is 1. The van der Waals surface area contributed by atoms with E-state index in [0.29, 0.717) is 18.8 Å². The molecule has 5 heteroatoms. The van der Waals surface area contributed by atoms with Crippen LogP contribution in [-0.2, 0) is 17.8 Å². The van der Waals surface area contributed by atoms with Gasteiger partial charge in [0.05, 0.1) is 19.3 Å². The molecule has 0 amide bonds. The molecule has 2 aromatic rings. The minimum Gasteiger partial charge on any atom is -0.497 e. The molecule has 1 aliphatic heterocycles. The van der Waals surface area contributed by atoms with Gasteiger partial charge in [0.1, 0.15) is 18.1 Å². The molecule has 0 fully saturated rings. The first-order chi connectivity index (χ1) is 12.2. The number of benzene rings is 2. The molecule has 0 N–H and O–H groups in total. The predicted octanol–water partition coefficient (Wildman–Crippen LogP) is 3.27. The fourth-order valence-corrected chi connectivity index (χ4v) is 2.91. The zero-order valence-electron chi connectivity index (χ0n) is 14.7. The maximum absolute atomic E-state index is 12.0. The van der Waals surface area contributed by atoms with Crippen LogP contribution in [0.2, 0.25) is 0 Å². The minimum atomic E-state index is -0.295. The second-order valence-electron chi connectivity index (χ2n) is 5.95. The first kappa shape index (κ1) is 17.3. The van der Waals surface area contributed by atoms with E-state index in [2.05, 4.69) is 17.0 Å². The highest BCUT2D eigenvalue weighted by Gasteiger charge is 2.18. The summed E-state index contributed by atoms with van der Waals surface area (Å²) in [6.07, 6.45) is 0. The van der Waals surface area contributed by atoms with Crippen molar-refractivity contribution in [1.82, 2.24) is 4.90 Å². The van der Waals surface area contributed by atoms with Crippen LogP contribution in [0.5, 0.6) is 11.5 Å². The Labute approximate surface area is 148 Å². The number of carbonyl (C=O) groups is 1. The number of carbonyl (C=O) groups excluding carboxylic acids is 1. The Hall–Kier alpha value is -2.53. The summed E-state index contributed by atoms with van der Waals surface area (Å²) in [6.45, 7) is 5.18. The molecular weight excluding hydrogens is 318 g/mol. The van der Waals surface area contributed by atoms with Crippen LogP contribution in [0.4, 0.5) is 0 Å². The van der Waals surface area contributed by atoms with Crippen molar-refractivity contribution in [2.75, 3.05) is 26.9 Å². The maximum atomic E-state index is 12.0. The lowest BCUT2D eigenvalue weighted by atomic mass is 10.1. The van der Waals surface area contributed by atoms with Crippen LogP contribution in [-0.4, -0.2) is 37.7 Å². The largest absolute Gasteiger partial charge is 0.497 e.